The van der Waals surface area contributed by atoms with Gasteiger partial charge in [-0.25, -0.2) is 0 Å². The number of pyridine rings is 1. The number of halogens is 2. The number of allylic oxidation sites excluding steroid dienone is 1. The van der Waals surface area contributed by atoms with Crippen LogP contribution < -0.4 is 0 Å². The molecule has 0 fully saturated rings. The Morgan fingerprint density at radius 1 is 0.741 bits per heavy atom. The van der Waals surface area contributed by atoms with Crippen molar-refractivity contribution in [2.45, 2.75) is 12.8 Å². The molecular formula is C23H22Cl2N2. The molecule has 4 heteroatoms. The summed E-state index contributed by atoms with van der Waals surface area (Å²) >= 11 is 0. The minimum absolute atomic E-state index is 0. The van der Waals surface area contributed by atoms with Crippen LogP contribution in [0.4, 0.5) is 0 Å². The second-order valence-electron chi connectivity index (χ2n) is 6.23. The molecular weight excluding hydrogens is 375 g/mol. The zero-order valence-electron chi connectivity index (χ0n) is 14.9. The lowest BCUT2D eigenvalue weighted by Crippen LogP contribution is -2.11. The Hall–Kier alpha value is -2.42. The fourth-order valence-electron chi connectivity index (χ4n) is 3.20. The van der Waals surface area contributed by atoms with Gasteiger partial charge in [-0.05, 0) is 53.3 Å². The average Bonchev–Trinajstić information content (AvgIpc) is 2.70. The fourth-order valence-corrected chi connectivity index (χ4v) is 3.20. The van der Waals surface area contributed by atoms with E-state index in [0.717, 1.165) is 30.7 Å². The topological polar surface area (TPSA) is 25.2 Å². The van der Waals surface area contributed by atoms with Gasteiger partial charge in [-0.15, -0.1) is 24.8 Å². The van der Waals surface area contributed by atoms with E-state index in [0.29, 0.717) is 0 Å². The second-order valence-corrected chi connectivity index (χ2v) is 6.23. The van der Waals surface area contributed by atoms with E-state index >= 15 is 0 Å². The molecule has 27 heavy (non-hydrogen) atoms. The molecule has 4 rings (SSSR count). The largest absolute Gasteiger partial charge is 0.284 e. The molecule has 1 aromatic heterocycles. The molecule has 0 saturated heterocycles. The van der Waals surface area contributed by atoms with E-state index in [-0.39, 0.29) is 24.8 Å². The molecule has 0 aliphatic carbocycles. The molecule has 0 bridgehead atoms. The van der Waals surface area contributed by atoms with Crippen LogP contribution in [0.3, 0.4) is 0 Å². The smallest absolute Gasteiger partial charge is 0.0694 e. The zero-order valence-corrected chi connectivity index (χ0v) is 16.5. The SMILES string of the molecule is C(=C1\CCCN=C1c1cccnc1)/c1ccc(-c2ccccc2)cc1.Cl.Cl. The number of hydrogen-bond acceptors (Lipinski definition) is 2. The zero-order chi connectivity index (χ0) is 16.9. The maximum absolute atomic E-state index is 4.75. The maximum atomic E-state index is 4.75. The molecule has 2 nitrogen and oxygen atoms in total. The summed E-state index contributed by atoms with van der Waals surface area (Å²) in [6.07, 6.45) is 8.14. The molecule has 0 saturated carbocycles. The van der Waals surface area contributed by atoms with Gasteiger partial charge in [-0.3, -0.25) is 9.98 Å². The van der Waals surface area contributed by atoms with Crippen LogP contribution in [0.5, 0.6) is 0 Å². The number of benzene rings is 2. The van der Waals surface area contributed by atoms with E-state index in [2.05, 4.69) is 65.7 Å². The van der Waals surface area contributed by atoms with E-state index in [9.17, 15) is 0 Å². The van der Waals surface area contributed by atoms with Gasteiger partial charge in [-0.1, -0.05) is 54.6 Å². The Balaban J connectivity index is 0.00000131. The van der Waals surface area contributed by atoms with Gasteiger partial charge in [0.25, 0.3) is 0 Å². The highest BCUT2D eigenvalue weighted by atomic mass is 35.5. The Morgan fingerprint density at radius 2 is 1.44 bits per heavy atom. The molecule has 138 valence electrons. The summed E-state index contributed by atoms with van der Waals surface area (Å²) in [7, 11) is 0. The van der Waals surface area contributed by atoms with E-state index in [4.69, 9.17) is 4.99 Å². The molecule has 3 aromatic rings. The van der Waals surface area contributed by atoms with Crippen molar-refractivity contribution in [1.29, 1.82) is 0 Å². The maximum Gasteiger partial charge on any atom is 0.0694 e. The van der Waals surface area contributed by atoms with Crippen molar-refractivity contribution < 1.29 is 0 Å². The van der Waals surface area contributed by atoms with E-state index in [1.54, 1.807) is 6.20 Å². The fraction of sp³-hybridized carbons (Fsp3) is 0.130. The molecule has 0 spiro atoms. The lowest BCUT2D eigenvalue weighted by Gasteiger charge is -2.16. The van der Waals surface area contributed by atoms with Gasteiger partial charge in [0.15, 0.2) is 0 Å². The highest BCUT2D eigenvalue weighted by Gasteiger charge is 2.14. The first-order chi connectivity index (χ1) is 12.4. The van der Waals surface area contributed by atoms with E-state index in [1.807, 2.05) is 18.3 Å². The van der Waals surface area contributed by atoms with Crippen LogP contribution in [0.1, 0.15) is 24.0 Å². The Kier molecular flexibility index (Phi) is 7.78. The van der Waals surface area contributed by atoms with Crippen LogP contribution in [0, 0.1) is 0 Å². The third-order valence-corrected chi connectivity index (χ3v) is 4.47. The summed E-state index contributed by atoms with van der Waals surface area (Å²) in [4.78, 5) is 8.99. The molecule has 1 aliphatic rings. The molecule has 0 N–H and O–H groups in total. The normalized spacial score (nSPS) is 14.7. The van der Waals surface area contributed by atoms with Crippen molar-refractivity contribution in [2.24, 2.45) is 4.99 Å². The van der Waals surface area contributed by atoms with Crippen molar-refractivity contribution in [1.82, 2.24) is 4.98 Å². The number of hydrogen-bond donors (Lipinski definition) is 0. The average molecular weight is 397 g/mol. The molecule has 0 radical (unpaired) electrons. The van der Waals surface area contributed by atoms with Gasteiger partial charge >= 0.3 is 0 Å². The standard InChI is InChI=1S/C23H20N2.2ClH/c1-2-6-19(7-3-1)20-12-10-18(11-13-20)16-21-8-5-15-25-23(21)22-9-4-14-24-17-22;;/h1-4,6-7,9-14,16-17H,5,8,15H2;2*1H/b21-16-;;. The first kappa shape index (κ1) is 20.9. The van der Waals surface area contributed by atoms with Gasteiger partial charge in [0, 0.05) is 24.5 Å². The molecule has 0 unspecified atom stereocenters. The Labute approximate surface area is 172 Å². The van der Waals surface area contributed by atoms with Gasteiger partial charge in [0.2, 0.25) is 0 Å². The first-order valence-corrected chi connectivity index (χ1v) is 8.71. The van der Waals surface area contributed by atoms with Gasteiger partial charge < -0.3 is 0 Å². The number of nitrogens with zero attached hydrogens (tertiary/aromatic N) is 2. The van der Waals surface area contributed by atoms with Crippen LogP contribution in [0.15, 0.2) is 89.7 Å². The summed E-state index contributed by atoms with van der Waals surface area (Å²) in [6.45, 7) is 0.897. The summed E-state index contributed by atoms with van der Waals surface area (Å²) in [6, 6.07) is 23.3. The predicted molar refractivity (Wildman–Crippen MR) is 119 cm³/mol. The summed E-state index contributed by atoms with van der Waals surface area (Å²) in [5.41, 5.74) is 7.20. The predicted octanol–water partition coefficient (Wildman–Crippen LogP) is 6.26. The lowest BCUT2D eigenvalue weighted by molar-refractivity contribution is 0.818. The van der Waals surface area contributed by atoms with Gasteiger partial charge in [0.05, 0.1) is 5.71 Å². The second kappa shape index (κ2) is 10.1. The van der Waals surface area contributed by atoms with Crippen molar-refractivity contribution >= 4 is 36.6 Å². The monoisotopic (exact) mass is 396 g/mol. The summed E-state index contributed by atoms with van der Waals surface area (Å²) < 4.78 is 0. The molecule has 2 aromatic carbocycles. The van der Waals surface area contributed by atoms with E-state index in [1.165, 1.54) is 22.3 Å². The quantitative estimate of drug-likeness (QED) is 0.512. The lowest BCUT2D eigenvalue weighted by atomic mass is 9.94. The molecule has 2 heterocycles. The Morgan fingerprint density at radius 3 is 2.15 bits per heavy atom. The summed E-state index contributed by atoms with van der Waals surface area (Å²) in [5, 5.41) is 0. The minimum Gasteiger partial charge on any atom is -0.284 e. The van der Waals surface area contributed by atoms with Crippen molar-refractivity contribution in [3.8, 4) is 11.1 Å². The van der Waals surface area contributed by atoms with Gasteiger partial charge in [0.1, 0.15) is 0 Å². The molecule has 0 amide bonds. The molecule has 0 atom stereocenters. The van der Waals surface area contributed by atoms with E-state index < -0.39 is 0 Å². The molecule has 1 aliphatic heterocycles. The van der Waals surface area contributed by atoms with Crippen LogP contribution in [0.2, 0.25) is 0 Å². The minimum atomic E-state index is 0. The van der Waals surface area contributed by atoms with Gasteiger partial charge in [-0.2, -0.15) is 0 Å². The van der Waals surface area contributed by atoms with Crippen LogP contribution >= 0.6 is 24.8 Å². The van der Waals surface area contributed by atoms with Crippen LogP contribution in [-0.2, 0) is 0 Å². The summed E-state index contributed by atoms with van der Waals surface area (Å²) in [5.74, 6) is 0. The number of rotatable bonds is 3. The highest BCUT2D eigenvalue weighted by Crippen LogP contribution is 2.24. The van der Waals surface area contributed by atoms with Crippen molar-refractivity contribution in [3.63, 3.8) is 0 Å². The Bertz CT molecular complexity index is 902. The van der Waals surface area contributed by atoms with Crippen LogP contribution in [0.25, 0.3) is 17.2 Å². The third kappa shape index (κ3) is 5.06. The number of aliphatic imine (C=N–C) groups is 1. The van der Waals surface area contributed by atoms with Crippen molar-refractivity contribution in [3.05, 3.63) is 95.8 Å². The van der Waals surface area contributed by atoms with Crippen LogP contribution in [-0.4, -0.2) is 17.2 Å². The van der Waals surface area contributed by atoms with Crippen molar-refractivity contribution in [2.75, 3.05) is 6.54 Å². The highest BCUT2D eigenvalue weighted by molar-refractivity contribution is 6.15. The number of aromatic nitrogens is 1. The third-order valence-electron chi connectivity index (χ3n) is 4.47. The first-order valence-electron chi connectivity index (χ1n) is 8.71.